The largest absolute Gasteiger partial charge is 0.457 e. The molecule has 7 heteroatoms. The average Bonchev–Trinajstić information content (AvgIpc) is 3.35. The van der Waals surface area contributed by atoms with Gasteiger partial charge >= 0.3 is 0 Å². The van der Waals surface area contributed by atoms with Crippen LogP contribution < -0.4 is 0 Å². The van der Waals surface area contributed by atoms with E-state index in [9.17, 15) is 4.79 Å². The van der Waals surface area contributed by atoms with Crippen LogP contribution >= 0.6 is 35.6 Å². The molecule has 2 aromatic rings. The lowest BCUT2D eigenvalue weighted by Gasteiger charge is -2.18. The van der Waals surface area contributed by atoms with Crippen molar-refractivity contribution in [2.45, 2.75) is 18.9 Å². The minimum absolute atomic E-state index is 0.0762. The van der Waals surface area contributed by atoms with E-state index in [1.165, 1.54) is 11.8 Å². The van der Waals surface area contributed by atoms with E-state index in [1.54, 1.807) is 11.0 Å². The highest BCUT2D eigenvalue weighted by Gasteiger charge is 2.34. The van der Waals surface area contributed by atoms with Crippen LogP contribution in [-0.4, -0.2) is 34.4 Å². The van der Waals surface area contributed by atoms with Crippen molar-refractivity contribution in [3.8, 4) is 11.3 Å². The number of carbonyl (C=O) groups is 1. The van der Waals surface area contributed by atoms with E-state index in [0.717, 1.165) is 25.0 Å². The third-order valence-electron chi connectivity index (χ3n) is 4.32. The van der Waals surface area contributed by atoms with Gasteiger partial charge in [0.25, 0.3) is 5.91 Å². The van der Waals surface area contributed by atoms with Crippen LogP contribution in [0.1, 0.15) is 18.6 Å². The minimum Gasteiger partial charge on any atom is -0.457 e. The third-order valence-corrected chi connectivity index (χ3v) is 6.03. The third kappa shape index (κ3) is 3.60. The number of furan rings is 1. The summed E-state index contributed by atoms with van der Waals surface area (Å²) in [6.07, 6.45) is 3.81. The van der Waals surface area contributed by atoms with E-state index in [4.69, 9.17) is 33.0 Å². The molecule has 0 N–H and O–H groups in total. The number of rotatable bonds is 4. The van der Waals surface area contributed by atoms with E-state index >= 15 is 0 Å². The van der Waals surface area contributed by atoms with Gasteiger partial charge in [-0.05, 0) is 37.1 Å². The molecule has 26 heavy (non-hydrogen) atoms. The van der Waals surface area contributed by atoms with E-state index in [2.05, 4.69) is 0 Å². The zero-order valence-corrected chi connectivity index (χ0v) is 16.2. The molecule has 4 rings (SSSR count). The zero-order valence-electron chi connectivity index (χ0n) is 13.8. The van der Waals surface area contributed by atoms with Crippen molar-refractivity contribution in [2.24, 2.45) is 0 Å². The Morgan fingerprint density at radius 1 is 1.31 bits per heavy atom. The maximum absolute atomic E-state index is 12.7. The van der Waals surface area contributed by atoms with Crippen LogP contribution in [0.2, 0.25) is 5.02 Å². The summed E-state index contributed by atoms with van der Waals surface area (Å²) >= 11 is 12.9. The number of hydrogen-bond acceptors (Lipinski definition) is 5. The summed E-state index contributed by atoms with van der Waals surface area (Å²) < 4.78 is 12.0. The van der Waals surface area contributed by atoms with Crippen LogP contribution in [0, 0.1) is 0 Å². The summed E-state index contributed by atoms with van der Waals surface area (Å²) in [5.41, 5.74) is 0.819. The molecule has 4 nitrogen and oxygen atoms in total. The normalized spacial score (nSPS) is 22.0. The summed E-state index contributed by atoms with van der Waals surface area (Å²) in [4.78, 5) is 14.9. The Morgan fingerprint density at radius 2 is 2.15 bits per heavy atom. The van der Waals surface area contributed by atoms with Gasteiger partial charge in [0.2, 0.25) is 0 Å². The Morgan fingerprint density at radius 3 is 2.92 bits per heavy atom. The van der Waals surface area contributed by atoms with Gasteiger partial charge < -0.3 is 9.15 Å². The topological polar surface area (TPSA) is 42.7 Å². The van der Waals surface area contributed by atoms with Crippen LogP contribution in [-0.2, 0) is 9.53 Å². The monoisotopic (exact) mass is 405 g/mol. The molecule has 0 saturated carbocycles. The smallest absolute Gasteiger partial charge is 0.266 e. The molecule has 1 amide bonds. The van der Waals surface area contributed by atoms with Gasteiger partial charge in [-0.2, -0.15) is 0 Å². The fourth-order valence-corrected chi connectivity index (χ4v) is 4.50. The van der Waals surface area contributed by atoms with Crippen LogP contribution in [0.5, 0.6) is 0 Å². The number of nitrogens with zero attached hydrogens (tertiary/aromatic N) is 1. The molecule has 2 fully saturated rings. The Hall–Kier alpha value is -1.60. The Kier molecular flexibility index (Phi) is 5.18. The van der Waals surface area contributed by atoms with Crippen LogP contribution in [0.25, 0.3) is 17.4 Å². The molecule has 2 aliphatic heterocycles. The van der Waals surface area contributed by atoms with Crippen molar-refractivity contribution < 1.29 is 13.9 Å². The van der Waals surface area contributed by atoms with Gasteiger partial charge in [-0.1, -0.05) is 47.7 Å². The first-order valence-corrected chi connectivity index (χ1v) is 9.94. The Balaban J connectivity index is 1.53. The van der Waals surface area contributed by atoms with Crippen molar-refractivity contribution in [2.75, 3.05) is 13.2 Å². The predicted octanol–water partition coefficient (Wildman–Crippen LogP) is 4.98. The minimum atomic E-state index is -0.0915. The molecule has 2 saturated heterocycles. The summed E-state index contributed by atoms with van der Waals surface area (Å²) in [6.45, 7) is 1.28. The molecular weight excluding hydrogens is 390 g/mol. The fourth-order valence-electron chi connectivity index (χ4n) is 3.01. The van der Waals surface area contributed by atoms with Crippen molar-refractivity contribution in [1.29, 1.82) is 0 Å². The SMILES string of the molecule is O=C1/C(=C/c2ccc(-c3ccccc3Cl)o2)SC(=S)N1C[C@@H]1CCCO1. The molecule has 1 aromatic heterocycles. The second kappa shape index (κ2) is 7.56. The molecule has 0 aliphatic carbocycles. The van der Waals surface area contributed by atoms with Gasteiger partial charge in [-0.3, -0.25) is 9.69 Å². The van der Waals surface area contributed by atoms with Gasteiger partial charge in [0.05, 0.1) is 22.6 Å². The zero-order chi connectivity index (χ0) is 18.1. The average molecular weight is 406 g/mol. The van der Waals surface area contributed by atoms with E-state index in [1.807, 2.05) is 36.4 Å². The molecule has 1 atom stereocenters. The molecule has 3 heterocycles. The highest BCUT2D eigenvalue weighted by Crippen LogP contribution is 2.35. The lowest BCUT2D eigenvalue weighted by Crippen LogP contribution is -2.35. The summed E-state index contributed by atoms with van der Waals surface area (Å²) in [6, 6.07) is 11.2. The van der Waals surface area contributed by atoms with Crippen LogP contribution in [0.3, 0.4) is 0 Å². The van der Waals surface area contributed by atoms with E-state index in [-0.39, 0.29) is 12.0 Å². The van der Waals surface area contributed by atoms with Gasteiger partial charge in [0.15, 0.2) is 0 Å². The lowest BCUT2D eigenvalue weighted by molar-refractivity contribution is -0.123. The first-order valence-electron chi connectivity index (χ1n) is 8.33. The molecular formula is C19H16ClNO3S2. The molecule has 0 radical (unpaired) electrons. The van der Waals surface area contributed by atoms with Gasteiger partial charge in [0.1, 0.15) is 15.8 Å². The predicted molar refractivity (Wildman–Crippen MR) is 108 cm³/mol. The number of hydrogen-bond donors (Lipinski definition) is 0. The number of thioether (sulfide) groups is 1. The molecule has 0 unspecified atom stereocenters. The van der Waals surface area contributed by atoms with Crippen molar-refractivity contribution in [3.63, 3.8) is 0 Å². The lowest BCUT2D eigenvalue weighted by atomic mass is 10.2. The highest BCUT2D eigenvalue weighted by molar-refractivity contribution is 8.26. The van der Waals surface area contributed by atoms with Crippen molar-refractivity contribution >= 4 is 51.9 Å². The molecule has 134 valence electrons. The molecule has 2 aliphatic rings. The second-order valence-electron chi connectivity index (χ2n) is 6.11. The quantitative estimate of drug-likeness (QED) is 0.530. The first-order chi connectivity index (χ1) is 12.6. The summed E-state index contributed by atoms with van der Waals surface area (Å²) in [5, 5.41) is 0.622. The number of ether oxygens (including phenoxy) is 1. The maximum Gasteiger partial charge on any atom is 0.266 e. The number of carbonyl (C=O) groups excluding carboxylic acids is 1. The van der Waals surface area contributed by atoms with Crippen LogP contribution in [0.4, 0.5) is 0 Å². The molecule has 0 spiro atoms. The van der Waals surface area contributed by atoms with E-state index in [0.29, 0.717) is 32.3 Å². The number of thiocarbonyl (C=S) groups is 1. The number of halogens is 1. The maximum atomic E-state index is 12.7. The van der Waals surface area contributed by atoms with Gasteiger partial charge in [-0.25, -0.2) is 0 Å². The second-order valence-corrected chi connectivity index (χ2v) is 8.19. The molecule has 0 bridgehead atoms. The number of amides is 1. The van der Waals surface area contributed by atoms with Crippen molar-refractivity contribution in [1.82, 2.24) is 4.90 Å². The fraction of sp³-hybridized carbons (Fsp3) is 0.263. The van der Waals surface area contributed by atoms with Gasteiger partial charge in [0, 0.05) is 18.2 Å². The summed E-state index contributed by atoms with van der Waals surface area (Å²) in [7, 11) is 0. The Bertz CT molecular complexity index is 886. The van der Waals surface area contributed by atoms with Gasteiger partial charge in [-0.15, -0.1) is 0 Å². The molecule has 1 aromatic carbocycles. The number of benzene rings is 1. The van der Waals surface area contributed by atoms with E-state index < -0.39 is 0 Å². The van der Waals surface area contributed by atoms with Crippen LogP contribution in [0.15, 0.2) is 45.7 Å². The summed E-state index contributed by atoms with van der Waals surface area (Å²) in [5.74, 6) is 1.17. The first kappa shape index (κ1) is 17.8. The standard InChI is InChI=1S/C19H16ClNO3S2/c20-15-6-2-1-5-14(15)16-8-7-12(24-16)10-17-18(22)21(19(25)26-17)11-13-4-3-9-23-13/h1-2,5-8,10,13H,3-4,9,11H2/b17-10-/t13-/m0/s1. The van der Waals surface area contributed by atoms with Crippen molar-refractivity contribution in [3.05, 3.63) is 52.1 Å². The Labute approximate surface area is 166 Å². The highest BCUT2D eigenvalue weighted by atomic mass is 35.5.